The first-order valence-corrected chi connectivity index (χ1v) is 7.67. The molecular weight excluding hydrogens is 314 g/mol. The quantitative estimate of drug-likeness (QED) is 0.804. The van der Waals surface area contributed by atoms with Crippen molar-refractivity contribution in [1.29, 1.82) is 0 Å². The van der Waals surface area contributed by atoms with Crippen LogP contribution in [0, 0.1) is 29.4 Å². The Morgan fingerprint density at radius 1 is 1.26 bits per heavy atom. The number of rotatable bonds is 3. The average Bonchev–Trinajstić information content (AvgIpc) is 2.98. The summed E-state index contributed by atoms with van der Waals surface area (Å²) in [5, 5.41) is 10.3. The van der Waals surface area contributed by atoms with E-state index in [1.807, 2.05) is 0 Å². The van der Waals surface area contributed by atoms with Crippen molar-refractivity contribution in [1.82, 2.24) is 0 Å². The third kappa shape index (κ3) is 2.45. The number of hydrogen-bond donors (Lipinski definition) is 1. The molecule has 1 aromatic rings. The minimum Gasteiger partial charge on any atom is -0.388 e. The Morgan fingerprint density at radius 3 is 2.68 bits per heavy atom. The Hall–Kier alpha value is -0.480. The number of aliphatic hydroxyl groups excluding tert-OH is 1. The molecule has 1 aromatic carbocycles. The van der Waals surface area contributed by atoms with Crippen LogP contribution in [0.3, 0.4) is 0 Å². The van der Waals surface area contributed by atoms with E-state index in [0.717, 1.165) is 17.9 Å². The predicted octanol–water partition coefficient (Wildman–Crippen LogP) is 4.59. The summed E-state index contributed by atoms with van der Waals surface area (Å²) in [5.74, 6) is 0.292. The van der Waals surface area contributed by atoms with Crippen molar-refractivity contribution in [2.24, 2.45) is 17.8 Å². The molecule has 4 heteroatoms. The molecule has 104 valence electrons. The fraction of sp³-hybridized carbons (Fsp3) is 0.600. The molecule has 0 amide bonds. The minimum absolute atomic E-state index is 0.0585. The van der Waals surface area contributed by atoms with Gasteiger partial charge < -0.3 is 5.11 Å². The van der Waals surface area contributed by atoms with Crippen LogP contribution in [0.2, 0.25) is 0 Å². The van der Waals surface area contributed by atoms with Gasteiger partial charge in [-0.3, -0.25) is 0 Å². The van der Waals surface area contributed by atoms with Crippen molar-refractivity contribution in [2.75, 3.05) is 0 Å². The lowest BCUT2D eigenvalue weighted by Crippen LogP contribution is -2.15. The standard InChI is InChI=1S/C15H17BrF2O/c16-14-11(3-4-12(17)15(14)18)13(19)7-10-6-8-1-2-9(10)5-8/h3-4,8-10,13,19H,1-2,5-7H2. The zero-order chi connectivity index (χ0) is 13.6. The molecule has 3 rings (SSSR count). The molecule has 2 saturated carbocycles. The largest absolute Gasteiger partial charge is 0.388 e. The van der Waals surface area contributed by atoms with E-state index in [9.17, 15) is 13.9 Å². The second-order valence-corrected chi connectivity index (χ2v) is 6.74. The van der Waals surface area contributed by atoms with Gasteiger partial charge in [0.05, 0.1) is 10.6 Å². The molecule has 4 atom stereocenters. The summed E-state index contributed by atoms with van der Waals surface area (Å²) >= 11 is 3.05. The second-order valence-electron chi connectivity index (χ2n) is 5.95. The first-order chi connectivity index (χ1) is 9.06. The highest BCUT2D eigenvalue weighted by Crippen LogP contribution is 2.51. The van der Waals surface area contributed by atoms with Crippen LogP contribution in [0.4, 0.5) is 8.78 Å². The Kier molecular flexibility index (Phi) is 3.65. The predicted molar refractivity (Wildman–Crippen MR) is 72.6 cm³/mol. The zero-order valence-corrected chi connectivity index (χ0v) is 12.2. The van der Waals surface area contributed by atoms with Gasteiger partial charge in [0.25, 0.3) is 0 Å². The van der Waals surface area contributed by atoms with Gasteiger partial charge in [-0.05, 0) is 71.0 Å². The fourth-order valence-electron chi connectivity index (χ4n) is 3.88. The molecule has 0 radical (unpaired) electrons. The summed E-state index contributed by atoms with van der Waals surface area (Å²) < 4.78 is 26.6. The summed E-state index contributed by atoms with van der Waals surface area (Å²) in [4.78, 5) is 0. The van der Waals surface area contributed by atoms with E-state index in [4.69, 9.17) is 0 Å². The van der Waals surface area contributed by atoms with Crippen LogP contribution in [0.15, 0.2) is 16.6 Å². The monoisotopic (exact) mass is 330 g/mol. The first-order valence-electron chi connectivity index (χ1n) is 6.87. The van der Waals surface area contributed by atoms with Gasteiger partial charge in [0.15, 0.2) is 11.6 Å². The van der Waals surface area contributed by atoms with Crippen molar-refractivity contribution in [3.63, 3.8) is 0 Å². The molecule has 0 saturated heterocycles. The Bertz CT molecular complexity index is 491. The molecular formula is C15H17BrF2O. The third-order valence-corrected chi connectivity index (χ3v) is 5.64. The zero-order valence-electron chi connectivity index (χ0n) is 10.6. The van der Waals surface area contributed by atoms with Gasteiger partial charge in [0.1, 0.15) is 0 Å². The molecule has 0 spiro atoms. The Balaban J connectivity index is 1.74. The summed E-state index contributed by atoms with van der Waals surface area (Å²) in [6, 6.07) is 2.56. The fourth-order valence-corrected chi connectivity index (χ4v) is 4.46. The topological polar surface area (TPSA) is 20.2 Å². The van der Waals surface area contributed by atoms with Crippen molar-refractivity contribution in [2.45, 2.75) is 38.2 Å². The highest BCUT2D eigenvalue weighted by molar-refractivity contribution is 9.10. The first kappa shape index (κ1) is 13.5. The van der Waals surface area contributed by atoms with E-state index in [0.29, 0.717) is 17.9 Å². The van der Waals surface area contributed by atoms with Gasteiger partial charge in [0, 0.05) is 0 Å². The highest BCUT2D eigenvalue weighted by Gasteiger charge is 2.40. The molecule has 1 nitrogen and oxygen atoms in total. The summed E-state index contributed by atoms with van der Waals surface area (Å²) in [6.07, 6.45) is 5.01. The maximum Gasteiger partial charge on any atom is 0.173 e. The van der Waals surface area contributed by atoms with Gasteiger partial charge in [-0.25, -0.2) is 8.78 Å². The van der Waals surface area contributed by atoms with E-state index >= 15 is 0 Å². The highest BCUT2D eigenvalue weighted by atomic mass is 79.9. The Labute approximate surface area is 120 Å². The lowest BCUT2D eigenvalue weighted by atomic mass is 9.83. The van der Waals surface area contributed by atoms with Crippen LogP contribution in [0.1, 0.15) is 43.8 Å². The third-order valence-electron chi connectivity index (χ3n) is 4.83. The summed E-state index contributed by atoms with van der Waals surface area (Å²) in [5.41, 5.74) is 0.460. The summed E-state index contributed by atoms with van der Waals surface area (Å²) in [6.45, 7) is 0. The molecule has 0 heterocycles. The normalized spacial score (nSPS) is 30.8. The van der Waals surface area contributed by atoms with Crippen LogP contribution < -0.4 is 0 Å². The van der Waals surface area contributed by atoms with E-state index in [-0.39, 0.29) is 4.47 Å². The van der Waals surface area contributed by atoms with Gasteiger partial charge >= 0.3 is 0 Å². The van der Waals surface area contributed by atoms with E-state index in [1.165, 1.54) is 31.7 Å². The lowest BCUT2D eigenvalue weighted by Gasteiger charge is -2.24. The van der Waals surface area contributed by atoms with Crippen molar-refractivity contribution >= 4 is 15.9 Å². The van der Waals surface area contributed by atoms with Crippen LogP contribution >= 0.6 is 15.9 Å². The van der Waals surface area contributed by atoms with Gasteiger partial charge in [-0.2, -0.15) is 0 Å². The van der Waals surface area contributed by atoms with Crippen molar-refractivity contribution < 1.29 is 13.9 Å². The molecule has 2 bridgehead atoms. The second kappa shape index (κ2) is 5.13. The molecule has 0 aliphatic heterocycles. The average molecular weight is 331 g/mol. The number of halogens is 3. The number of aliphatic hydroxyl groups is 1. The maximum absolute atomic E-state index is 13.5. The van der Waals surface area contributed by atoms with Gasteiger partial charge in [0.2, 0.25) is 0 Å². The van der Waals surface area contributed by atoms with Crippen molar-refractivity contribution in [3.8, 4) is 0 Å². The molecule has 19 heavy (non-hydrogen) atoms. The van der Waals surface area contributed by atoms with Crippen molar-refractivity contribution in [3.05, 3.63) is 33.8 Å². The smallest absolute Gasteiger partial charge is 0.173 e. The number of benzene rings is 1. The number of fused-ring (bicyclic) bond motifs is 2. The molecule has 1 N–H and O–H groups in total. The molecule has 2 fully saturated rings. The van der Waals surface area contributed by atoms with E-state index in [1.54, 1.807) is 0 Å². The maximum atomic E-state index is 13.5. The SMILES string of the molecule is OC(CC1CC2CCC1C2)c1ccc(F)c(F)c1Br. The van der Waals surface area contributed by atoms with E-state index in [2.05, 4.69) is 15.9 Å². The Morgan fingerprint density at radius 2 is 2.05 bits per heavy atom. The molecule has 4 unspecified atom stereocenters. The molecule has 2 aliphatic carbocycles. The number of hydrogen-bond acceptors (Lipinski definition) is 1. The minimum atomic E-state index is -0.913. The lowest BCUT2D eigenvalue weighted by molar-refractivity contribution is 0.124. The van der Waals surface area contributed by atoms with Gasteiger partial charge in [-0.15, -0.1) is 0 Å². The molecule has 0 aromatic heterocycles. The molecule has 2 aliphatic rings. The van der Waals surface area contributed by atoms with Crippen LogP contribution in [0.5, 0.6) is 0 Å². The van der Waals surface area contributed by atoms with E-state index < -0.39 is 17.7 Å². The van der Waals surface area contributed by atoms with Crippen LogP contribution in [-0.2, 0) is 0 Å². The summed E-state index contributed by atoms with van der Waals surface area (Å²) in [7, 11) is 0. The van der Waals surface area contributed by atoms with Gasteiger partial charge in [-0.1, -0.05) is 12.5 Å². The van der Waals surface area contributed by atoms with Crippen LogP contribution in [0.25, 0.3) is 0 Å². The van der Waals surface area contributed by atoms with Crippen LogP contribution in [-0.4, -0.2) is 5.11 Å².